The first-order chi connectivity index (χ1) is 11.8. The van der Waals surface area contributed by atoms with Crippen LogP contribution in [0.3, 0.4) is 0 Å². The first-order valence-electron chi connectivity index (χ1n) is 7.55. The van der Waals surface area contributed by atoms with Crippen LogP contribution in [0.5, 0.6) is 0 Å². The van der Waals surface area contributed by atoms with Gasteiger partial charge in [0.15, 0.2) is 0 Å². The average molecular weight is 373 g/mol. The van der Waals surface area contributed by atoms with Crippen LogP contribution in [0.2, 0.25) is 5.02 Å². The number of nitrogens with one attached hydrogen (secondary N) is 2. The molecule has 0 aliphatic heterocycles. The molecule has 25 heavy (non-hydrogen) atoms. The molecular formula is C16H16ClF3N4O. The van der Waals surface area contributed by atoms with Crippen LogP contribution in [-0.2, 0) is 6.18 Å². The second-order valence-electron chi connectivity index (χ2n) is 5.22. The van der Waals surface area contributed by atoms with Crippen molar-refractivity contribution >= 4 is 29.0 Å². The zero-order chi connectivity index (χ0) is 18.4. The number of hydrogen-bond donors (Lipinski definition) is 2. The Bertz CT molecular complexity index is 752. The summed E-state index contributed by atoms with van der Waals surface area (Å²) in [6.07, 6.45) is -1.57. The molecule has 1 heterocycles. The number of carbonyl (C=O) groups excluding carboxylic acids is 1. The molecule has 0 unspecified atom stereocenters. The molecule has 134 valence electrons. The second kappa shape index (κ2) is 8.15. The molecule has 2 aromatic rings. The fourth-order valence-electron chi connectivity index (χ4n) is 1.95. The fraction of sp³-hybridized carbons (Fsp3) is 0.312. The normalized spacial score (nSPS) is 11.2. The maximum absolute atomic E-state index is 12.8. The van der Waals surface area contributed by atoms with Crippen LogP contribution in [0.25, 0.3) is 0 Å². The van der Waals surface area contributed by atoms with Gasteiger partial charge in [-0.25, -0.2) is 9.97 Å². The first kappa shape index (κ1) is 19.0. The minimum atomic E-state index is -4.49. The lowest BCUT2D eigenvalue weighted by Gasteiger charge is -2.12. The maximum Gasteiger partial charge on any atom is 0.416 e. The number of nitrogens with zero attached hydrogens (tertiary/aromatic N) is 2. The third-order valence-corrected chi connectivity index (χ3v) is 3.60. The summed E-state index contributed by atoms with van der Waals surface area (Å²) >= 11 is 5.93. The molecule has 0 aliphatic rings. The summed E-state index contributed by atoms with van der Waals surface area (Å²) in [6, 6.07) is 4.26. The standard InChI is InChI=1S/C16H16ClF3N4O/c1-2-3-6-21-15(25)13-8-14(23-9-22-13)24-12-7-10(16(18,19)20)4-5-11(12)17/h4-5,7-9H,2-3,6H2,1H3,(H,21,25)(H,22,23,24). The quantitative estimate of drug-likeness (QED) is 0.736. The molecule has 1 aromatic heterocycles. The Kier molecular flexibility index (Phi) is 6.19. The smallest absolute Gasteiger partial charge is 0.351 e. The highest BCUT2D eigenvalue weighted by atomic mass is 35.5. The first-order valence-corrected chi connectivity index (χ1v) is 7.93. The van der Waals surface area contributed by atoms with Gasteiger partial charge >= 0.3 is 6.18 Å². The summed E-state index contributed by atoms with van der Waals surface area (Å²) in [5, 5.41) is 5.48. The van der Waals surface area contributed by atoms with Crippen molar-refractivity contribution in [1.82, 2.24) is 15.3 Å². The van der Waals surface area contributed by atoms with Crippen molar-refractivity contribution in [2.75, 3.05) is 11.9 Å². The van der Waals surface area contributed by atoms with Crippen LogP contribution < -0.4 is 10.6 Å². The summed E-state index contributed by atoms with van der Waals surface area (Å²) in [6.45, 7) is 2.51. The third kappa shape index (κ3) is 5.32. The number of alkyl halides is 3. The predicted octanol–water partition coefficient (Wildman–Crippen LogP) is 4.42. The minimum Gasteiger partial charge on any atom is -0.351 e. The second-order valence-corrected chi connectivity index (χ2v) is 5.62. The minimum absolute atomic E-state index is 0.0348. The zero-order valence-electron chi connectivity index (χ0n) is 13.3. The van der Waals surface area contributed by atoms with E-state index in [4.69, 9.17) is 11.6 Å². The van der Waals surface area contributed by atoms with Crippen molar-refractivity contribution in [3.05, 3.63) is 46.9 Å². The Morgan fingerprint density at radius 1 is 1.24 bits per heavy atom. The van der Waals surface area contributed by atoms with Gasteiger partial charge in [0.05, 0.1) is 16.3 Å². The van der Waals surface area contributed by atoms with Gasteiger partial charge in [-0.15, -0.1) is 0 Å². The van der Waals surface area contributed by atoms with Crippen LogP contribution in [-0.4, -0.2) is 22.4 Å². The largest absolute Gasteiger partial charge is 0.416 e. The molecular weight excluding hydrogens is 357 g/mol. The number of aromatic nitrogens is 2. The number of benzene rings is 1. The molecule has 0 saturated carbocycles. The van der Waals surface area contributed by atoms with E-state index in [9.17, 15) is 18.0 Å². The fourth-order valence-corrected chi connectivity index (χ4v) is 2.12. The number of rotatable bonds is 6. The molecule has 1 aromatic carbocycles. The molecule has 0 radical (unpaired) electrons. The highest BCUT2D eigenvalue weighted by molar-refractivity contribution is 6.33. The maximum atomic E-state index is 12.8. The number of amides is 1. The Hall–Kier alpha value is -2.35. The van der Waals surface area contributed by atoms with Crippen molar-refractivity contribution in [3.8, 4) is 0 Å². The van der Waals surface area contributed by atoms with Crippen LogP contribution in [0.15, 0.2) is 30.6 Å². The van der Waals surface area contributed by atoms with E-state index in [-0.39, 0.29) is 28.1 Å². The Balaban J connectivity index is 2.18. The van der Waals surface area contributed by atoms with Crippen molar-refractivity contribution in [1.29, 1.82) is 0 Å². The van der Waals surface area contributed by atoms with Gasteiger partial charge in [-0.05, 0) is 24.6 Å². The molecule has 0 saturated heterocycles. The van der Waals surface area contributed by atoms with Gasteiger partial charge in [0.25, 0.3) is 5.91 Å². The molecule has 0 spiro atoms. The molecule has 0 atom stereocenters. The van der Waals surface area contributed by atoms with Crippen LogP contribution in [0.1, 0.15) is 35.8 Å². The highest BCUT2D eigenvalue weighted by Crippen LogP contribution is 2.34. The van der Waals surface area contributed by atoms with E-state index in [0.29, 0.717) is 6.54 Å². The Labute approximate surface area is 147 Å². The lowest BCUT2D eigenvalue weighted by molar-refractivity contribution is -0.137. The summed E-state index contributed by atoms with van der Waals surface area (Å²) in [5.74, 6) is -0.217. The Morgan fingerprint density at radius 3 is 2.68 bits per heavy atom. The monoisotopic (exact) mass is 372 g/mol. The average Bonchev–Trinajstić information content (AvgIpc) is 2.56. The zero-order valence-corrected chi connectivity index (χ0v) is 14.1. The third-order valence-electron chi connectivity index (χ3n) is 3.27. The topological polar surface area (TPSA) is 66.9 Å². The van der Waals surface area contributed by atoms with Crippen molar-refractivity contribution in [2.24, 2.45) is 0 Å². The van der Waals surface area contributed by atoms with Gasteiger partial charge in [0, 0.05) is 12.6 Å². The van der Waals surface area contributed by atoms with E-state index in [0.717, 1.165) is 37.4 Å². The number of carbonyl (C=O) groups is 1. The van der Waals surface area contributed by atoms with Crippen LogP contribution in [0, 0.1) is 0 Å². The SMILES string of the molecule is CCCCNC(=O)c1cc(Nc2cc(C(F)(F)F)ccc2Cl)ncn1. The molecule has 2 N–H and O–H groups in total. The lowest BCUT2D eigenvalue weighted by atomic mass is 10.2. The molecule has 0 aliphatic carbocycles. The number of anilines is 2. The van der Waals surface area contributed by atoms with Crippen molar-refractivity contribution in [2.45, 2.75) is 25.9 Å². The van der Waals surface area contributed by atoms with Crippen molar-refractivity contribution < 1.29 is 18.0 Å². The summed E-state index contributed by atoms with van der Waals surface area (Å²) < 4.78 is 38.4. The van der Waals surface area contributed by atoms with Gasteiger partial charge < -0.3 is 10.6 Å². The molecule has 2 rings (SSSR count). The van der Waals surface area contributed by atoms with E-state index < -0.39 is 11.7 Å². The van der Waals surface area contributed by atoms with Gasteiger partial charge in [-0.3, -0.25) is 4.79 Å². The van der Waals surface area contributed by atoms with Gasteiger partial charge in [0.2, 0.25) is 0 Å². The molecule has 1 amide bonds. The van der Waals surface area contributed by atoms with Gasteiger partial charge in [-0.2, -0.15) is 13.2 Å². The molecule has 5 nitrogen and oxygen atoms in total. The summed E-state index contributed by atoms with van der Waals surface area (Å²) in [4.78, 5) is 19.7. The summed E-state index contributed by atoms with van der Waals surface area (Å²) in [5.41, 5.74) is -0.699. The van der Waals surface area contributed by atoms with E-state index in [1.54, 1.807) is 0 Å². The van der Waals surface area contributed by atoms with Crippen LogP contribution in [0.4, 0.5) is 24.7 Å². The number of unbranched alkanes of at least 4 members (excludes halogenated alkanes) is 1. The highest BCUT2D eigenvalue weighted by Gasteiger charge is 2.31. The van der Waals surface area contributed by atoms with Crippen LogP contribution >= 0.6 is 11.6 Å². The van der Waals surface area contributed by atoms with Crippen molar-refractivity contribution in [3.63, 3.8) is 0 Å². The summed E-state index contributed by atoms with van der Waals surface area (Å²) in [7, 11) is 0. The van der Waals surface area contributed by atoms with E-state index >= 15 is 0 Å². The molecule has 9 heteroatoms. The van der Waals surface area contributed by atoms with Gasteiger partial charge in [0.1, 0.15) is 17.8 Å². The molecule has 0 fully saturated rings. The predicted molar refractivity (Wildman–Crippen MR) is 89.0 cm³/mol. The van der Waals surface area contributed by atoms with E-state index in [2.05, 4.69) is 20.6 Å². The van der Waals surface area contributed by atoms with Gasteiger partial charge in [-0.1, -0.05) is 24.9 Å². The van der Waals surface area contributed by atoms with E-state index in [1.807, 2.05) is 6.92 Å². The Morgan fingerprint density at radius 2 is 2.00 bits per heavy atom. The lowest BCUT2D eigenvalue weighted by Crippen LogP contribution is -2.25. The number of hydrogen-bond acceptors (Lipinski definition) is 4. The number of halogens is 4. The van der Waals surface area contributed by atoms with E-state index in [1.165, 1.54) is 6.07 Å². The molecule has 0 bridgehead atoms.